The van der Waals surface area contributed by atoms with E-state index >= 15 is 0 Å². The Bertz CT molecular complexity index is 1190. The Balaban J connectivity index is 1.94. The van der Waals surface area contributed by atoms with E-state index in [0.29, 0.717) is 0 Å². The third-order valence-electron chi connectivity index (χ3n) is 3.87. The number of halogens is 3. The summed E-state index contributed by atoms with van der Waals surface area (Å²) in [5.41, 5.74) is -1.87. The molecule has 0 unspecified atom stereocenters. The van der Waals surface area contributed by atoms with Crippen LogP contribution in [0.5, 0.6) is 0 Å². The number of aromatic amines is 1. The number of fused-ring (bicyclic) bond motifs is 1. The normalized spacial score (nSPS) is 11.5. The summed E-state index contributed by atoms with van der Waals surface area (Å²) in [6.07, 6.45) is -3.17. The number of alkyl halides is 3. The van der Waals surface area contributed by atoms with Gasteiger partial charge in [0.2, 0.25) is 0 Å². The Hall–Kier alpha value is -3.48. The zero-order valence-corrected chi connectivity index (χ0v) is 14.0. The summed E-state index contributed by atoms with van der Waals surface area (Å²) in [4.78, 5) is 34.1. The van der Waals surface area contributed by atoms with E-state index in [2.05, 4.69) is 15.0 Å². The van der Waals surface area contributed by atoms with Crippen LogP contribution in [-0.2, 0) is 19.1 Å². The minimum absolute atomic E-state index is 0.00460. The highest BCUT2D eigenvalue weighted by Gasteiger charge is 2.33. The number of pyridine rings is 2. The number of aromatic nitrogens is 4. The maximum atomic E-state index is 12.9. The van der Waals surface area contributed by atoms with Gasteiger partial charge in [0.05, 0.1) is 10.9 Å². The van der Waals surface area contributed by atoms with Crippen molar-refractivity contribution in [3.05, 3.63) is 67.9 Å². The molecule has 3 aromatic heterocycles. The van der Waals surface area contributed by atoms with Crippen LogP contribution in [0.4, 0.5) is 13.2 Å². The van der Waals surface area contributed by atoms with Crippen molar-refractivity contribution in [2.24, 2.45) is 0 Å². The van der Waals surface area contributed by atoms with Gasteiger partial charge in [0.25, 0.3) is 11.1 Å². The Morgan fingerprint density at radius 2 is 2.00 bits per heavy atom. The van der Waals surface area contributed by atoms with Gasteiger partial charge in [-0.1, -0.05) is 0 Å². The van der Waals surface area contributed by atoms with E-state index in [9.17, 15) is 22.8 Å². The Kier molecular flexibility index (Phi) is 4.53. The quantitative estimate of drug-likeness (QED) is 0.753. The first-order valence-electron chi connectivity index (χ1n) is 7.77. The topological polar surface area (TPSA) is 104 Å². The first-order valence-corrected chi connectivity index (χ1v) is 7.77. The lowest BCUT2D eigenvalue weighted by Crippen LogP contribution is -2.23. The lowest BCUT2D eigenvalue weighted by Gasteiger charge is -2.10. The molecule has 0 fully saturated rings. The minimum atomic E-state index is -4.58. The molecular weight excluding hydrogens is 363 g/mol. The average molecular weight is 375 g/mol. The van der Waals surface area contributed by atoms with Gasteiger partial charge in [0, 0.05) is 24.9 Å². The summed E-state index contributed by atoms with van der Waals surface area (Å²) in [5.74, 6) is -0.0338. The van der Waals surface area contributed by atoms with E-state index in [1.165, 1.54) is 29.8 Å². The standard InChI is InChI=1S/C17H12F3N5O2/c1-9-6-13(17(18,19)20)24-14(22-9)3-5-25-4-2-12-11(16(25)27)7-10(8-21)15(26)23-12/h2,4,6-7H,3,5H2,1H3,(H,23,26). The molecule has 3 heterocycles. The highest BCUT2D eigenvalue weighted by atomic mass is 19.4. The van der Waals surface area contributed by atoms with Crippen LogP contribution in [0.15, 0.2) is 34.0 Å². The molecule has 27 heavy (non-hydrogen) atoms. The van der Waals surface area contributed by atoms with Crippen LogP contribution in [-0.4, -0.2) is 19.5 Å². The van der Waals surface area contributed by atoms with Crippen molar-refractivity contribution in [3.63, 3.8) is 0 Å². The van der Waals surface area contributed by atoms with Crippen LogP contribution in [0, 0.1) is 18.3 Å². The molecule has 0 aliphatic carbocycles. The van der Waals surface area contributed by atoms with Crippen LogP contribution >= 0.6 is 0 Å². The number of rotatable bonds is 3. The first-order chi connectivity index (χ1) is 12.7. The molecule has 0 saturated heterocycles. The molecule has 1 N–H and O–H groups in total. The van der Waals surface area contributed by atoms with Crippen LogP contribution < -0.4 is 11.1 Å². The molecule has 0 aliphatic rings. The predicted octanol–water partition coefficient (Wildman–Crippen LogP) is 1.92. The summed E-state index contributed by atoms with van der Waals surface area (Å²) < 4.78 is 39.8. The summed E-state index contributed by atoms with van der Waals surface area (Å²) in [7, 11) is 0. The van der Waals surface area contributed by atoms with Crippen molar-refractivity contribution in [2.75, 3.05) is 0 Å². The molecule has 138 valence electrons. The van der Waals surface area contributed by atoms with Gasteiger partial charge in [-0.05, 0) is 25.1 Å². The van der Waals surface area contributed by atoms with Gasteiger partial charge in [-0.3, -0.25) is 9.59 Å². The zero-order valence-electron chi connectivity index (χ0n) is 14.0. The van der Waals surface area contributed by atoms with Gasteiger partial charge in [-0.25, -0.2) is 9.97 Å². The minimum Gasteiger partial charge on any atom is -0.321 e. The van der Waals surface area contributed by atoms with Crippen molar-refractivity contribution < 1.29 is 13.2 Å². The fraction of sp³-hybridized carbons (Fsp3) is 0.235. The molecule has 0 aromatic carbocycles. The lowest BCUT2D eigenvalue weighted by atomic mass is 10.2. The van der Waals surface area contributed by atoms with E-state index in [0.717, 1.165) is 6.07 Å². The molecule has 0 saturated carbocycles. The number of H-pyrrole nitrogens is 1. The molecule has 0 bridgehead atoms. The van der Waals surface area contributed by atoms with Crippen molar-refractivity contribution >= 4 is 10.9 Å². The number of nitrogens with one attached hydrogen (secondary N) is 1. The van der Waals surface area contributed by atoms with Gasteiger partial charge in [-0.15, -0.1) is 0 Å². The molecule has 3 aromatic rings. The van der Waals surface area contributed by atoms with E-state index in [1.807, 2.05) is 0 Å². The Morgan fingerprint density at radius 1 is 1.26 bits per heavy atom. The van der Waals surface area contributed by atoms with Gasteiger partial charge in [-0.2, -0.15) is 18.4 Å². The van der Waals surface area contributed by atoms with Crippen LogP contribution in [0.1, 0.15) is 22.8 Å². The largest absolute Gasteiger partial charge is 0.433 e. The molecule has 10 heteroatoms. The Morgan fingerprint density at radius 3 is 2.67 bits per heavy atom. The highest BCUT2D eigenvalue weighted by Crippen LogP contribution is 2.27. The second-order valence-electron chi connectivity index (χ2n) is 5.82. The fourth-order valence-corrected chi connectivity index (χ4v) is 2.61. The van der Waals surface area contributed by atoms with Crippen LogP contribution in [0.25, 0.3) is 10.9 Å². The van der Waals surface area contributed by atoms with Gasteiger partial charge in [0.1, 0.15) is 23.2 Å². The molecule has 0 atom stereocenters. The smallest absolute Gasteiger partial charge is 0.321 e. The lowest BCUT2D eigenvalue weighted by molar-refractivity contribution is -0.141. The fourth-order valence-electron chi connectivity index (χ4n) is 2.61. The number of hydrogen-bond donors (Lipinski definition) is 1. The average Bonchev–Trinajstić information content (AvgIpc) is 2.59. The van der Waals surface area contributed by atoms with Crippen LogP contribution in [0.3, 0.4) is 0 Å². The summed E-state index contributed by atoms with van der Waals surface area (Å²) >= 11 is 0. The first kappa shape index (κ1) is 18.3. The molecule has 0 spiro atoms. The number of hydrogen-bond acceptors (Lipinski definition) is 5. The van der Waals surface area contributed by atoms with Gasteiger partial charge >= 0.3 is 6.18 Å². The van der Waals surface area contributed by atoms with E-state index in [4.69, 9.17) is 5.26 Å². The monoisotopic (exact) mass is 375 g/mol. The molecule has 0 radical (unpaired) electrons. The van der Waals surface area contributed by atoms with Crippen molar-refractivity contribution in [1.82, 2.24) is 19.5 Å². The van der Waals surface area contributed by atoms with E-state index in [-0.39, 0.29) is 41.0 Å². The summed E-state index contributed by atoms with van der Waals surface area (Å²) in [6, 6.07) is 5.23. The molecular formula is C17H12F3N5O2. The van der Waals surface area contributed by atoms with Gasteiger partial charge < -0.3 is 9.55 Å². The molecule has 0 amide bonds. The highest BCUT2D eigenvalue weighted by molar-refractivity contribution is 5.78. The van der Waals surface area contributed by atoms with Crippen molar-refractivity contribution in [3.8, 4) is 6.07 Å². The number of nitriles is 1. The van der Waals surface area contributed by atoms with Crippen LogP contribution in [0.2, 0.25) is 0 Å². The second kappa shape index (κ2) is 6.68. The zero-order chi connectivity index (χ0) is 19.8. The van der Waals surface area contributed by atoms with Crippen molar-refractivity contribution in [1.29, 1.82) is 5.26 Å². The number of aryl methyl sites for hydroxylation is 3. The maximum Gasteiger partial charge on any atom is 0.433 e. The third-order valence-corrected chi connectivity index (χ3v) is 3.87. The number of nitrogens with zero attached hydrogens (tertiary/aromatic N) is 4. The van der Waals surface area contributed by atoms with Gasteiger partial charge in [0.15, 0.2) is 0 Å². The molecule has 7 nitrogen and oxygen atoms in total. The summed E-state index contributed by atoms with van der Waals surface area (Å²) in [6.45, 7) is 1.47. The van der Waals surface area contributed by atoms with Crippen molar-refractivity contribution in [2.45, 2.75) is 26.1 Å². The molecule has 0 aliphatic heterocycles. The summed E-state index contributed by atoms with van der Waals surface area (Å²) in [5, 5.41) is 9.05. The van der Waals surface area contributed by atoms with E-state index in [1.54, 1.807) is 6.07 Å². The third kappa shape index (κ3) is 3.72. The Labute approximate surface area is 149 Å². The SMILES string of the molecule is Cc1cc(C(F)(F)F)nc(CCn2ccc3[nH]c(=O)c(C#N)cc3c2=O)n1. The molecule has 3 rings (SSSR count). The second-order valence-corrected chi connectivity index (χ2v) is 5.82. The maximum absolute atomic E-state index is 12.9. The van der Waals surface area contributed by atoms with E-state index < -0.39 is 23.0 Å². The predicted molar refractivity (Wildman–Crippen MR) is 89.0 cm³/mol.